The van der Waals surface area contributed by atoms with Gasteiger partial charge in [0.25, 0.3) is 0 Å². The van der Waals surface area contributed by atoms with Crippen LogP contribution in [0.2, 0.25) is 0 Å². The molecular formula is C14H22N2S. The van der Waals surface area contributed by atoms with Crippen LogP contribution in [0.5, 0.6) is 0 Å². The van der Waals surface area contributed by atoms with Crippen molar-refractivity contribution >= 4 is 16.9 Å². The van der Waals surface area contributed by atoms with Gasteiger partial charge in [-0.15, -0.1) is 0 Å². The van der Waals surface area contributed by atoms with E-state index in [0.29, 0.717) is 12.1 Å². The average molecular weight is 250 g/mol. The predicted molar refractivity (Wildman–Crippen MR) is 78.6 cm³/mol. The molecule has 0 saturated carbocycles. The van der Waals surface area contributed by atoms with Crippen LogP contribution in [0.1, 0.15) is 33.3 Å². The maximum Gasteiger partial charge on any atom is 0.157 e. The minimum Gasteiger partial charge on any atom is -0.363 e. The molecule has 0 fully saturated rings. The molecule has 0 atom stereocenters. The molecule has 0 radical (unpaired) electrons. The number of nitrogens with zero attached hydrogens (tertiary/aromatic N) is 1. The van der Waals surface area contributed by atoms with Gasteiger partial charge in [0.15, 0.2) is 5.17 Å². The first kappa shape index (κ1) is 14.1. The van der Waals surface area contributed by atoms with Gasteiger partial charge >= 0.3 is 0 Å². The van der Waals surface area contributed by atoms with E-state index in [9.17, 15) is 0 Å². The second kappa shape index (κ2) is 7.38. The molecule has 0 spiro atoms. The van der Waals surface area contributed by atoms with E-state index in [-0.39, 0.29) is 0 Å². The fourth-order valence-electron chi connectivity index (χ4n) is 1.32. The molecule has 0 unspecified atom stereocenters. The smallest absolute Gasteiger partial charge is 0.157 e. The van der Waals surface area contributed by atoms with Gasteiger partial charge in [0.2, 0.25) is 0 Å². The van der Waals surface area contributed by atoms with Crippen molar-refractivity contribution in [2.45, 2.75) is 45.5 Å². The van der Waals surface area contributed by atoms with Crippen LogP contribution in [0, 0.1) is 0 Å². The lowest BCUT2D eigenvalue weighted by Gasteiger charge is -2.13. The van der Waals surface area contributed by atoms with Gasteiger partial charge in [0, 0.05) is 17.8 Å². The molecule has 0 aromatic heterocycles. The summed E-state index contributed by atoms with van der Waals surface area (Å²) in [7, 11) is 0. The zero-order chi connectivity index (χ0) is 12.7. The first-order valence-corrected chi connectivity index (χ1v) is 7.07. The Morgan fingerprint density at radius 2 is 1.82 bits per heavy atom. The molecule has 0 heterocycles. The Bertz CT molecular complexity index is 344. The lowest BCUT2D eigenvalue weighted by molar-refractivity contribution is 0.727. The molecule has 0 saturated heterocycles. The van der Waals surface area contributed by atoms with E-state index in [4.69, 9.17) is 0 Å². The van der Waals surface area contributed by atoms with Crippen LogP contribution in [-0.2, 0) is 5.75 Å². The van der Waals surface area contributed by atoms with Gasteiger partial charge < -0.3 is 5.32 Å². The number of rotatable bonds is 4. The van der Waals surface area contributed by atoms with Crippen LogP contribution in [0.4, 0.5) is 0 Å². The van der Waals surface area contributed by atoms with E-state index in [2.05, 4.69) is 62.3 Å². The second-order valence-electron chi connectivity index (χ2n) is 4.60. The minimum atomic E-state index is 0.333. The molecule has 94 valence electrons. The lowest BCUT2D eigenvalue weighted by atomic mass is 10.2. The molecular weight excluding hydrogens is 228 g/mol. The maximum atomic E-state index is 4.60. The molecule has 1 rings (SSSR count). The number of nitrogens with one attached hydrogen (secondary N) is 1. The Kier molecular flexibility index (Phi) is 6.12. The summed E-state index contributed by atoms with van der Waals surface area (Å²) in [5, 5.41) is 4.43. The highest BCUT2D eigenvalue weighted by Gasteiger charge is 2.04. The molecule has 17 heavy (non-hydrogen) atoms. The molecule has 0 aliphatic rings. The van der Waals surface area contributed by atoms with Crippen molar-refractivity contribution in [2.75, 3.05) is 0 Å². The quantitative estimate of drug-likeness (QED) is 0.651. The zero-order valence-corrected chi connectivity index (χ0v) is 11.9. The first-order chi connectivity index (χ1) is 8.08. The van der Waals surface area contributed by atoms with Gasteiger partial charge in [-0.2, -0.15) is 0 Å². The van der Waals surface area contributed by atoms with Gasteiger partial charge in [-0.1, -0.05) is 42.1 Å². The summed E-state index contributed by atoms with van der Waals surface area (Å²) in [5.41, 5.74) is 1.33. The van der Waals surface area contributed by atoms with Gasteiger partial charge in [-0.3, -0.25) is 4.99 Å². The third kappa shape index (κ3) is 6.37. The van der Waals surface area contributed by atoms with Gasteiger partial charge in [0.1, 0.15) is 0 Å². The molecule has 0 aliphatic heterocycles. The van der Waals surface area contributed by atoms with Crippen LogP contribution in [0.25, 0.3) is 0 Å². The highest BCUT2D eigenvalue weighted by Crippen LogP contribution is 2.13. The minimum absolute atomic E-state index is 0.333. The molecule has 0 aliphatic carbocycles. The summed E-state index contributed by atoms with van der Waals surface area (Å²) < 4.78 is 0. The zero-order valence-electron chi connectivity index (χ0n) is 11.1. The highest BCUT2D eigenvalue weighted by molar-refractivity contribution is 8.13. The van der Waals surface area contributed by atoms with E-state index in [1.54, 1.807) is 11.8 Å². The third-order valence-electron chi connectivity index (χ3n) is 2.01. The summed E-state index contributed by atoms with van der Waals surface area (Å²) in [4.78, 5) is 4.60. The molecule has 1 N–H and O–H groups in total. The molecule has 0 bridgehead atoms. The standard InChI is InChI=1S/C14H22N2S/c1-11(2)15-14(16-12(3)4)17-10-13-8-6-5-7-9-13/h5-9,11-12H,10H2,1-4H3,(H,15,16). The highest BCUT2D eigenvalue weighted by atomic mass is 32.2. The molecule has 1 aromatic carbocycles. The van der Waals surface area contributed by atoms with Crippen LogP contribution in [0.15, 0.2) is 35.3 Å². The topological polar surface area (TPSA) is 24.4 Å². The van der Waals surface area contributed by atoms with Gasteiger partial charge in [-0.25, -0.2) is 0 Å². The van der Waals surface area contributed by atoms with E-state index in [0.717, 1.165) is 10.9 Å². The van der Waals surface area contributed by atoms with E-state index in [1.807, 2.05) is 6.07 Å². The summed E-state index contributed by atoms with van der Waals surface area (Å²) >= 11 is 1.77. The Hall–Kier alpha value is -0.960. The van der Waals surface area contributed by atoms with Crippen molar-refractivity contribution in [1.29, 1.82) is 0 Å². The largest absolute Gasteiger partial charge is 0.363 e. The predicted octanol–water partition coefficient (Wildman–Crippen LogP) is 3.68. The maximum absolute atomic E-state index is 4.60. The van der Waals surface area contributed by atoms with Crippen molar-refractivity contribution in [3.8, 4) is 0 Å². The van der Waals surface area contributed by atoms with Crippen LogP contribution in [0.3, 0.4) is 0 Å². The van der Waals surface area contributed by atoms with Gasteiger partial charge in [-0.05, 0) is 33.3 Å². The van der Waals surface area contributed by atoms with Crippen LogP contribution >= 0.6 is 11.8 Å². The molecule has 1 aromatic rings. The van der Waals surface area contributed by atoms with E-state index < -0.39 is 0 Å². The van der Waals surface area contributed by atoms with E-state index >= 15 is 0 Å². The normalized spacial score (nSPS) is 12.2. The fraction of sp³-hybridized carbons (Fsp3) is 0.500. The second-order valence-corrected chi connectivity index (χ2v) is 5.57. The Labute approximate surface area is 109 Å². The third-order valence-corrected chi connectivity index (χ3v) is 2.98. The summed E-state index contributed by atoms with van der Waals surface area (Å²) in [5.74, 6) is 0.964. The summed E-state index contributed by atoms with van der Waals surface area (Å²) in [6.07, 6.45) is 0. The Balaban J connectivity index is 2.55. The van der Waals surface area contributed by atoms with Crippen molar-refractivity contribution < 1.29 is 0 Å². The van der Waals surface area contributed by atoms with Crippen molar-refractivity contribution in [3.63, 3.8) is 0 Å². The number of hydrogen-bond donors (Lipinski definition) is 1. The van der Waals surface area contributed by atoms with Crippen molar-refractivity contribution in [2.24, 2.45) is 4.99 Å². The first-order valence-electron chi connectivity index (χ1n) is 6.09. The average Bonchev–Trinajstić information content (AvgIpc) is 2.26. The number of thioether (sulfide) groups is 1. The Morgan fingerprint density at radius 3 is 2.35 bits per heavy atom. The number of aliphatic imine (C=N–C) groups is 1. The monoisotopic (exact) mass is 250 g/mol. The number of amidine groups is 1. The number of hydrogen-bond acceptors (Lipinski definition) is 2. The Morgan fingerprint density at radius 1 is 1.18 bits per heavy atom. The molecule has 3 heteroatoms. The van der Waals surface area contributed by atoms with Crippen molar-refractivity contribution in [1.82, 2.24) is 5.32 Å². The fourth-order valence-corrected chi connectivity index (χ4v) is 2.42. The van der Waals surface area contributed by atoms with E-state index in [1.165, 1.54) is 5.56 Å². The lowest BCUT2D eigenvalue weighted by Crippen LogP contribution is -2.28. The molecule has 0 amide bonds. The number of benzene rings is 1. The SMILES string of the molecule is CC(C)N=C(NC(C)C)SCc1ccccc1. The summed E-state index contributed by atoms with van der Waals surface area (Å²) in [6.45, 7) is 8.48. The van der Waals surface area contributed by atoms with Crippen LogP contribution < -0.4 is 5.32 Å². The summed E-state index contributed by atoms with van der Waals surface area (Å²) in [6, 6.07) is 11.3. The van der Waals surface area contributed by atoms with Gasteiger partial charge in [0.05, 0.1) is 0 Å². The van der Waals surface area contributed by atoms with Crippen molar-refractivity contribution in [3.05, 3.63) is 35.9 Å². The molecule has 2 nitrogen and oxygen atoms in total. The van der Waals surface area contributed by atoms with Crippen LogP contribution in [-0.4, -0.2) is 17.3 Å².